The molecule has 0 aromatic carbocycles. The Morgan fingerprint density at radius 1 is 1.05 bits per heavy atom. The number of piperidine rings is 1. The van der Waals surface area contributed by atoms with E-state index in [-0.39, 0.29) is 11.9 Å². The topological polar surface area (TPSA) is 47.6 Å². The van der Waals surface area contributed by atoms with Gasteiger partial charge in [-0.25, -0.2) is 0 Å². The molecular weight excluding hydrogens is 252 g/mol. The minimum atomic E-state index is -0.00865. The maximum Gasteiger partial charge on any atom is 0.237 e. The highest BCUT2D eigenvalue weighted by atomic mass is 16.2. The predicted molar refractivity (Wildman–Crippen MR) is 81.8 cm³/mol. The molecule has 0 aromatic heterocycles. The SMILES string of the molecule is CC(CNC(=O)C(C)N1CCNCC1)N1CCCCC1. The van der Waals surface area contributed by atoms with Crippen LogP contribution in [-0.4, -0.2) is 73.6 Å². The summed E-state index contributed by atoms with van der Waals surface area (Å²) in [6, 6.07) is 0.445. The summed E-state index contributed by atoms with van der Waals surface area (Å²) in [5, 5.41) is 6.46. The molecule has 2 N–H and O–H groups in total. The average Bonchev–Trinajstić information content (AvgIpc) is 2.53. The van der Waals surface area contributed by atoms with Crippen LogP contribution in [0, 0.1) is 0 Å². The molecule has 2 aliphatic heterocycles. The first kappa shape index (κ1) is 15.7. The number of hydrogen-bond donors (Lipinski definition) is 2. The number of hydrogen-bond acceptors (Lipinski definition) is 4. The lowest BCUT2D eigenvalue weighted by Gasteiger charge is -2.34. The van der Waals surface area contributed by atoms with Crippen molar-refractivity contribution in [3.63, 3.8) is 0 Å². The molecule has 5 nitrogen and oxygen atoms in total. The molecule has 2 saturated heterocycles. The molecule has 20 heavy (non-hydrogen) atoms. The van der Waals surface area contributed by atoms with Gasteiger partial charge in [-0.2, -0.15) is 0 Å². The first-order chi connectivity index (χ1) is 9.68. The second kappa shape index (κ2) is 7.96. The van der Waals surface area contributed by atoms with Crippen molar-refractivity contribution >= 4 is 5.91 Å². The molecule has 2 atom stereocenters. The molecule has 0 saturated carbocycles. The lowest BCUT2D eigenvalue weighted by atomic mass is 10.1. The van der Waals surface area contributed by atoms with Crippen molar-refractivity contribution < 1.29 is 4.79 Å². The number of carbonyl (C=O) groups is 1. The fourth-order valence-electron chi connectivity index (χ4n) is 3.12. The number of nitrogens with one attached hydrogen (secondary N) is 2. The Labute approximate surface area is 123 Å². The summed E-state index contributed by atoms with van der Waals surface area (Å²) >= 11 is 0. The van der Waals surface area contributed by atoms with Crippen LogP contribution in [0.15, 0.2) is 0 Å². The molecule has 1 amide bonds. The molecule has 0 bridgehead atoms. The van der Waals surface area contributed by atoms with Crippen LogP contribution in [0.3, 0.4) is 0 Å². The molecule has 5 heteroatoms. The van der Waals surface area contributed by atoms with E-state index in [1.54, 1.807) is 0 Å². The smallest absolute Gasteiger partial charge is 0.237 e. The van der Waals surface area contributed by atoms with Crippen LogP contribution < -0.4 is 10.6 Å². The van der Waals surface area contributed by atoms with Crippen LogP contribution in [0.1, 0.15) is 33.1 Å². The van der Waals surface area contributed by atoms with Crippen molar-refractivity contribution in [1.82, 2.24) is 20.4 Å². The summed E-state index contributed by atoms with van der Waals surface area (Å²) in [6.45, 7) is 11.3. The van der Waals surface area contributed by atoms with Crippen LogP contribution in [0.25, 0.3) is 0 Å². The number of piperazine rings is 1. The number of amides is 1. The van der Waals surface area contributed by atoms with Crippen LogP contribution in [0.5, 0.6) is 0 Å². The predicted octanol–water partition coefficient (Wildman–Crippen LogP) is 0.271. The van der Waals surface area contributed by atoms with Crippen LogP contribution in [-0.2, 0) is 4.79 Å². The normalized spacial score (nSPS) is 25.1. The summed E-state index contributed by atoms with van der Waals surface area (Å²) in [7, 11) is 0. The van der Waals surface area contributed by atoms with E-state index in [0.717, 1.165) is 32.7 Å². The Bertz CT molecular complexity index is 298. The van der Waals surface area contributed by atoms with E-state index in [1.165, 1.54) is 32.4 Å². The van der Waals surface area contributed by atoms with Crippen LogP contribution in [0.2, 0.25) is 0 Å². The highest BCUT2D eigenvalue weighted by Crippen LogP contribution is 2.11. The van der Waals surface area contributed by atoms with E-state index < -0.39 is 0 Å². The number of rotatable bonds is 5. The van der Waals surface area contributed by atoms with Crippen molar-refractivity contribution in [3.8, 4) is 0 Å². The Kier molecular flexibility index (Phi) is 6.26. The highest BCUT2D eigenvalue weighted by molar-refractivity contribution is 5.81. The lowest BCUT2D eigenvalue weighted by Crippen LogP contribution is -2.54. The van der Waals surface area contributed by atoms with Gasteiger partial charge in [0, 0.05) is 38.8 Å². The van der Waals surface area contributed by atoms with Crippen molar-refractivity contribution in [1.29, 1.82) is 0 Å². The van der Waals surface area contributed by atoms with Crippen LogP contribution in [0.4, 0.5) is 0 Å². The van der Waals surface area contributed by atoms with E-state index in [4.69, 9.17) is 0 Å². The van der Waals surface area contributed by atoms with Gasteiger partial charge in [-0.05, 0) is 39.8 Å². The summed E-state index contributed by atoms with van der Waals surface area (Å²) in [5.41, 5.74) is 0. The minimum Gasteiger partial charge on any atom is -0.353 e. The van der Waals surface area contributed by atoms with Gasteiger partial charge in [0.05, 0.1) is 6.04 Å². The Hall–Kier alpha value is -0.650. The van der Waals surface area contributed by atoms with E-state index >= 15 is 0 Å². The number of likely N-dealkylation sites (tertiary alicyclic amines) is 1. The number of nitrogens with zero attached hydrogens (tertiary/aromatic N) is 2. The third kappa shape index (κ3) is 4.43. The van der Waals surface area contributed by atoms with Crippen molar-refractivity contribution in [2.75, 3.05) is 45.8 Å². The lowest BCUT2D eigenvalue weighted by molar-refractivity contribution is -0.126. The van der Waals surface area contributed by atoms with Gasteiger partial charge in [0.1, 0.15) is 0 Å². The van der Waals surface area contributed by atoms with Gasteiger partial charge in [-0.15, -0.1) is 0 Å². The van der Waals surface area contributed by atoms with E-state index in [9.17, 15) is 4.79 Å². The van der Waals surface area contributed by atoms with Gasteiger partial charge in [-0.1, -0.05) is 6.42 Å². The molecule has 0 spiro atoms. The summed E-state index contributed by atoms with van der Waals surface area (Å²) in [5.74, 6) is 0.177. The van der Waals surface area contributed by atoms with Gasteiger partial charge >= 0.3 is 0 Å². The third-order valence-corrected chi connectivity index (χ3v) is 4.66. The van der Waals surface area contributed by atoms with Crippen LogP contribution >= 0.6 is 0 Å². The monoisotopic (exact) mass is 282 g/mol. The Morgan fingerprint density at radius 3 is 2.35 bits per heavy atom. The molecule has 116 valence electrons. The van der Waals surface area contributed by atoms with Gasteiger partial charge in [-0.3, -0.25) is 14.6 Å². The summed E-state index contributed by atoms with van der Waals surface area (Å²) in [6.07, 6.45) is 3.96. The molecule has 2 unspecified atom stereocenters. The van der Waals surface area contributed by atoms with Crippen molar-refractivity contribution in [3.05, 3.63) is 0 Å². The zero-order valence-electron chi connectivity index (χ0n) is 13.0. The Morgan fingerprint density at radius 2 is 1.70 bits per heavy atom. The highest BCUT2D eigenvalue weighted by Gasteiger charge is 2.23. The molecule has 0 radical (unpaired) electrons. The fraction of sp³-hybridized carbons (Fsp3) is 0.933. The first-order valence-electron chi connectivity index (χ1n) is 8.15. The quantitative estimate of drug-likeness (QED) is 0.760. The molecule has 2 heterocycles. The zero-order chi connectivity index (χ0) is 14.4. The van der Waals surface area contributed by atoms with Gasteiger partial charge in [0.25, 0.3) is 0 Å². The van der Waals surface area contributed by atoms with E-state index in [2.05, 4.69) is 27.4 Å². The van der Waals surface area contributed by atoms with Crippen molar-refractivity contribution in [2.45, 2.75) is 45.2 Å². The van der Waals surface area contributed by atoms with Gasteiger partial charge in [0.15, 0.2) is 0 Å². The third-order valence-electron chi connectivity index (χ3n) is 4.66. The van der Waals surface area contributed by atoms with Gasteiger partial charge in [0.2, 0.25) is 5.91 Å². The first-order valence-corrected chi connectivity index (χ1v) is 8.15. The zero-order valence-corrected chi connectivity index (χ0v) is 13.0. The fourth-order valence-corrected chi connectivity index (χ4v) is 3.12. The summed E-state index contributed by atoms with van der Waals surface area (Å²) in [4.78, 5) is 17.0. The largest absolute Gasteiger partial charge is 0.353 e. The molecule has 2 rings (SSSR count). The maximum absolute atomic E-state index is 12.2. The minimum absolute atomic E-state index is 0.00865. The molecule has 0 aliphatic carbocycles. The second-order valence-corrected chi connectivity index (χ2v) is 6.15. The average molecular weight is 282 g/mol. The molecule has 0 aromatic rings. The molecule has 2 fully saturated rings. The van der Waals surface area contributed by atoms with Crippen molar-refractivity contribution in [2.24, 2.45) is 0 Å². The summed E-state index contributed by atoms with van der Waals surface area (Å²) < 4.78 is 0. The number of carbonyl (C=O) groups excluding carboxylic acids is 1. The second-order valence-electron chi connectivity index (χ2n) is 6.15. The maximum atomic E-state index is 12.2. The molecular formula is C15H30N4O. The Balaban J connectivity index is 1.70. The molecule has 2 aliphatic rings. The van der Waals surface area contributed by atoms with Gasteiger partial charge < -0.3 is 10.6 Å². The van der Waals surface area contributed by atoms with E-state index in [0.29, 0.717) is 6.04 Å². The van der Waals surface area contributed by atoms with E-state index in [1.807, 2.05) is 6.92 Å². The standard InChI is InChI=1S/C15H30N4O/c1-13(18-8-4-3-5-9-18)12-17-15(20)14(2)19-10-6-16-7-11-19/h13-14,16H,3-12H2,1-2H3,(H,17,20).